The second-order valence-corrected chi connectivity index (χ2v) is 5.39. The van der Waals surface area contributed by atoms with E-state index in [1.807, 2.05) is 24.3 Å². The number of nitrogens with zero attached hydrogens (tertiary/aromatic N) is 3. The highest BCUT2D eigenvalue weighted by atomic mass is 16.5. The third-order valence-electron chi connectivity index (χ3n) is 3.65. The van der Waals surface area contributed by atoms with Crippen molar-refractivity contribution in [1.82, 2.24) is 4.90 Å². The second kappa shape index (κ2) is 8.54. The van der Waals surface area contributed by atoms with Gasteiger partial charge in [-0.2, -0.15) is 10.5 Å². The molecule has 0 aliphatic carbocycles. The van der Waals surface area contributed by atoms with Gasteiger partial charge in [0.1, 0.15) is 18.8 Å². The van der Waals surface area contributed by atoms with E-state index in [0.29, 0.717) is 31.6 Å². The molecule has 1 N–H and O–H groups in total. The highest BCUT2D eigenvalue weighted by molar-refractivity contribution is 5.94. The van der Waals surface area contributed by atoms with Gasteiger partial charge in [0.25, 0.3) is 0 Å². The van der Waals surface area contributed by atoms with E-state index in [9.17, 15) is 9.59 Å². The van der Waals surface area contributed by atoms with Gasteiger partial charge in [-0.15, -0.1) is 0 Å². The molecular weight excluding hydrogens is 308 g/mol. The first-order chi connectivity index (χ1) is 11.6. The Bertz CT molecular complexity index is 687. The molecule has 0 unspecified atom stereocenters. The van der Waals surface area contributed by atoms with Crippen molar-refractivity contribution in [1.29, 1.82) is 10.5 Å². The molecule has 7 nitrogen and oxygen atoms in total. The predicted octanol–water partition coefficient (Wildman–Crippen LogP) is 1.61. The normalized spacial score (nSPS) is 12.3. The fraction of sp³-hybridized carbons (Fsp3) is 0.412. The lowest BCUT2D eigenvalue weighted by Crippen LogP contribution is -2.31. The molecule has 0 bridgehead atoms. The van der Waals surface area contributed by atoms with Crippen LogP contribution >= 0.6 is 0 Å². The number of ether oxygens (including phenoxy) is 1. The largest absolute Gasteiger partial charge is 0.494 e. The zero-order chi connectivity index (χ0) is 17.4. The number of fused-ring (bicyclic) bond motifs is 1. The Morgan fingerprint density at radius 2 is 2.00 bits per heavy atom. The van der Waals surface area contributed by atoms with Crippen molar-refractivity contribution < 1.29 is 14.3 Å². The summed E-state index contributed by atoms with van der Waals surface area (Å²) in [7, 11) is 0. The minimum absolute atomic E-state index is 0.0222. The van der Waals surface area contributed by atoms with Crippen LogP contribution in [0.3, 0.4) is 0 Å². The maximum atomic E-state index is 11.9. The van der Waals surface area contributed by atoms with Crippen LogP contribution in [0.5, 0.6) is 5.75 Å². The summed E-state index contributed by atoms with van der Waals surface area (Å²) in [5.41, 5.74) is 1.86. The first-order valence-electron chi connectivity index (χ1n) is 7.71. The van der Waals surface area contributed by atoms with Crippen molar-refractivity contribution in [3.8, 4) is 17.9 Å². The Morgan fingerprint density at radius 3 is 2.71 bits per heavy atom. The van der Waals surface area contributed by atoms with Crippen molar-refractivity contribution in [2.24, 2.45) is 0 Å². The third-order valence-corrected chi connectivity index (χ3v) is 3.65. The van der Waals surface area contributed by atoms with Crippen LogP contribution in [0.4, 0.5) is 5.69 Å². The highest BCUT2D eigenvalue weighted by Crippen LogP contribution is 2.26. The number of carbonyl (C=O) groups is 2. The molecule has 1 heterocycles. The van der Waals surface area contributed by atoms with Gasteiger partial charge in [-0.05, 0) is 36.6 Å². The van der Waals surface area contributed by atoms with E-state index in [1.54, 1.807) is 6.07 Å². The number of benzene rings is 1. The molecule has 24 heavy (non-hydrogen) atoms. The molecule has 2 rings (SSSR count). The van der Waals surface area contributed by atoms with Gasteiger partial charge in [0.05, 0.1) is 18.7 Å². The number of aryl methyl sites for hydroxylation is 1. The lowest BCUT2D eigenvalue weighted by atomic mass is 10.0. The summed E-state index contributed by atoms with van der Waals surface area (Å²) >= 11 is 0. The molecule has 1 aliphatic heterocycles. The number of hydrogen-bond donors (Lipinski definition) is 1. The summed E-state index contributed by atoms with van der Waals surface area (Å²) < 4.78 is 5.64. The molecule has 2 amide bonds. The van der Waals surface area contributed by atoms with Gasteiger partial charge in [-0.3, -0.25) is 9.59 Å². The molecule has 0 saturated carbocycles. The minimum Gasteiger partial charge on any atom is -0.494 e. The number of hydrogen-bond acceptors (Lipinski definition) is 5. The highest BCUT2D eigenvalue weighted by Gasteiger charge is 2.15. The molecule has 0 aromatic heterocycles. The second-order valence-electron chi connectivity index (χ2n) is 5.39. The van der Waals surface area contributed by atoms with Crippen molar-refractivity contribution >= 4 is 17.5 Å². The van der Waals surface area contributed by atoms with Crippen molar-refractivity contribution in [2.75, 3.05) is 25.0 Å². The molecule has 0 atom stereocenters. The SMILES string of the molecule is N#CCN(CC#N)C(=O)CCCOc1ccc2c(c1)CCC(=O)N2. The first kappa shape index (κ1) is 17.3. The molecule has 124 valence electrons. The lowest BCUT2D eigenvalue weighted by Gasteiger charge is -2.18. The maximum absolute atomic E-state index is 11.9. The van der Waals surface area contributed by atoms with Crippen LogP contribution < -0.4 is 10.1 Å². The molecular formula is C17H18N4O3. The molecule has 1 aromatic rings. The number of carbonyl (C=O) groups excluding carboxylic acids is 2. The Labute approximate surface area is 140 Å². The van der Waals surface area contributed by atoms with Crippen LogP contribution in [0.25, 0.3) is 0 Å². The molecule has 1 aliphatic rings. The standard InChI is InChI=1S/C17H18N4O3/c18-7-9-21(10-8-19)17(23)2-1-11-24-14-4-5-15-13(12-14)3-6-16(22)20-15/h4-5,12H,1-3,6,9-11H2,(H,20,22). The van der Waals surface area contributed by atoms with Gasteiger partial charge in [0.2, 0.25) is 11.8 Å². The maximum Gasteiger partial charge on any atom is 0.224 e. The summed E-state index contributed by atoms with van der Waals surface area (Å²) in [6, 6.07) is 9.24. The number of rotatable bonds is 7. The Kier molecular flexibility index (Phi) is 6.16. The van der Waals surface area contributed by atoms with Crippen LogP contribution in [0.15, 0.2) is 18.2 Å². The fourth-order valence-corrected chi connectivity index (χ4v) is 2.42. The van der Waals surface area contributed by atoms with Crippen LogP contribution in [-0.4, -0.2) is 36.4 Å². The summed E-state index contributed by atoms with van der Waals surface area (Å²) in [5, 5.41) is 20.1. The lowest BCUT2D eigenvalue weighted by molar-refractivity contribution is -0.130. The van der Waals surface area contributed by atoms with E-state index in [-0.39, 0.29) is 31.3 Å². The number of anilines is 1. The smallest absolute Gasteiger partial charge is 0.224 e. The quantitative estimate of drug-likeness (QED) is 0.605. The third kappa shape index (κ3) is 4.72. The molecule has 0 radical (unpaired) electrons. The molecule has 0 saturated heterocycles. The van der Waals surface area contributed by atoms with Crippen molar-refractivity contribution in [3.63, 3.8) is 0 Å². The van der Waals surface area contributed by atoms with Crippen LogP contribution in [-0.2, 0) is 16.0 Å². The van der Waals surface area contributed by atoms with E-state index in [4.69, 9.17) is 15.3 Å². The Balaban J connectivity index is 1.78. The summed E-state index contributed by atoms with van der Waals surface area (Å²) in [4.78, 5) is 24.4. The molecule has 1 aromatic carbocycles. The summed E-state index contributed by atoms with van der Waals surface area (Å²) in [6.45, 7) is 0.206. The van der Waals surface area contributed by atoms with Crippen LogP contribution in [0.1, 0.15) is 24.8 Å². The first-order valence-corrected chi connectivity index (χ1v) is 7.71. The van der Waals surface area contributed by atoms with Gasteiger partial charge in [0, 0.05) is 18.5 Å². The zero-order valence-corrected chi connectivity index (χ0v) is 13.2. The van der Waals surface area contributed by atoms with Gasteiger partial charge < -0.3 is 15.0 Å². The minimum atomic E-state index is -0.227. The number of nitriles is 2. The van der Waals surface area contributed by atoms with Gasteiger partial charge in [-0.25, -0.2) is 0 Å². The molecule has 0 fully saturated rings. The fourth-order valence-electron chi connectivity index (χ4n) is 2.42. The van der Waals surface area contributed by atoms with Crippen LogP contribution in [0, 0.1) is 22.7 Å². The van der Waals surface area contributed by atoms with E-state index in [1.165, 1.54) is 4.90 Å². The van der Waals surface area contributed by atoms with E-state index in [0.717, 1.165) is 11.3 Å². The van der Waals surface area contributed by atoms with E-state index >= 15 is 0 Å². The monoisotopic (exact) mass is 326 g/mol. The average molecular weight is 326 g/mol. The van der Waals surface area contributed by atoms with Gasteiger partial charge in [0.15, 0.2) is 0 Å². The topological polar surface area (TPSA) is 106 Å². The van der Waals surface area contributed by atoms with E-state index < -0.39 is 0 Å². The summed E-state index contributed by atoms with van der Waals surface area (Å²) in [6.07, 6.45) is 1.89. The predicted molar refractivity (Wildman–Crippen MR) is 85.9 cm³/mol. The van der Waals surface area contributed by atoms with E-state index in [2.05, 4.69) is 5.32 Å². The van der Waals surface area contributed by atoms with Gasteiger partial charge in [-0.1, -0.05) is 0 Å². The molecule has 7 heteroatoms. The van der Waals surface area contributed by atoms with Crippen LogP contribution in [0.2, 0.25) is 0 Å². The van der Waals surface area contributed by atoms with Gasteiger partial charge >= 0.3 is 0 Å². The zero-order valence-electron chi connectivity index (χ0n) is 13.2. The van der Waals surface area contributed by atoms with Crippen molar-refractivity contribution in [3.05, 3.63) is 23.8 Å². The average Bonchev–Trinajstić information content (AvgIpc) is 2.58. The Morgan fingerprint density at radius 1 is 1.25 bits per heavy atom. The van der Waals surface area contributed by atoms with Crippen molar-refractivity contribution in [2.45, 2.75) is 25.7 Å². The number of amides is 2. The Hall–Kier alpha value is -3.06. The number of nitrogens with one attached hydrogen (secondary N) is 1. The summed E-state index contributed by atoms with van der Waals surface area (Å²) in [5.74, 6) is 0.493. The molecule has 0 spiro atoms.